The number of rotatable bonds is 5. The number of hydrogen-bond acceptors (Lipinski definition) is 4. The summed E-state index contributed by atoms with van der Waals surface area (Å²) in [5.41, 5.74) is -0.507. The molecule has 0 aliphatic carbocycles. The monoisotopic (exact) mass is 363 g/mol. The Morgan fingerprint density at radius 1 is 1.04 bits per heavy atom. The number of hydrogen-bond donors (Lipinski definition) is 1. The van der Waals surface area contributed by atoms with Crippen molar-refractivity contribution in [3.8, 4) is 5.75 Å². The molecule has 1 aliphatic heterocycles. The average molecular weight is 363 g/mol. The molecule has 0 saturated carbocycles. The molecule has 1 fully saturated rings. The number of amides is 3. The predicted molar refractivity (Wildman–Crippen MR) is 99.3 cm³/mol. The van der Waals surface area contributed by atoms with Crippen molar-refractivity contribution < 1.29 is 19.1 Å². The van der Waals surface area contributed by atoms with Gasteiger partial charge in [0.25, 0.3) is 0 Å². The summed E-state index contributed by atoms with van der Waals surface area (Å²) in [7, 11) is 0. The minimum absolute atomic E-state index is 0.103. The van der Waals surface area contributed by atoms with Gasteiger partial charge in [-0.3, -0.25) is 0 Å². The van der Waals surface area contributed by atoms with Crippen LogP contribution in [-0.4, -0.2) is 66.9 Å². The predicted octanol–water partition coefficient (Wildman–Crippen LogP) is 2.72. The van der Waals surface area contributed by atoms with Gasteiger partial charge in [-0.2, -0.15) is 0 Å². The van der Waals surface area contributed by atoms with E-state index in [1.807, 2.05) is 51.1 Å². The van der Waals surface area contributed by atoms with Crippen LogP contribution in [0.5, 0.6) is 5.75 Å². The summed E-state index contributed by atoms with van der Waals surface area (Å²) in [5.74, 6) is 0.831. The van der Waals surface area contributed by atoms with Crippen LogP contribution in [0.1, 0.15) is 27.2 Å². The molecule has 0 radical (unpaired) electrons. The Morgan fingerprint density at radius 3 is 2.27 bits per heavy atom. The molecule has 7 heteroatoms. The fourth-order valence-electron chi connectivity index (χ4n) is 2.50. The largest absolute Gasteiger partial charge is 0.494 e. The fraction of sp³-hybridized carbons (Fsp3) is 0.579. The van der Waals surface area contributed by atoms with Gasteiger partial charge in [-0.1, -0.05) is 18.2 Å². The first kappa shape index (κ1) is 19.9. The highest BCUT2D eigenvalue weighted by Crippen LogP contribution is 2.12. The van der Waals surface area contributed by atoms with Gasteiger partial charge in [0.05, 0.1) is 6.61 Å². The van der Waals surface area contributed by atoms with E-state index in [4.69, 9.17) is 9.47 Å². The van der Waals surface area contributed by atoms with Gasteiger partial charge in [-0.15, -0.1) is 0 Å². The SMILES string of the molecule is CC(C)(C)OC(=O)N1CCN(C(=O)NCCCOc2ccccc2)CC1. The number of carbonyl (C=O) groups is 2. The van der Waals surface area contributed by atoms with E-state index in [0.717, 1.165) is 12.2 Å². The number of ether oxygens (including phenoxy) is 2. The summed E-state index contributed by atoms with van der Waals surface area (Å²) < 4.78 is 10.9. The van der Waals surface area contributed by atoms with E-state index in [2.05, 4.69) is 5.32 Å². The quantitative estimate of drug-likeness (QED) is 0.817. The second-order valence-electron chi connectivity index (χ2n) is 7.20. The van der Waals surface area contributed by atoms with Crippen LogP contribution < -0.4 is 10.1 Å². The smallest absolute Gasteiger partial charge is 0.410 e. The zero-order chi connectivity index (χ0) is 19.0. The Balaban J connectivity index is 1.60. The van der Waals surface area contributed by atoms with Crippen LogP contribution >= 0.6 is 0 Å². The summed E-state index contributed by atoms with van der Waals surface area (Å²) in [6.07, 6.45) is 0.411. The van der Waals surface area contributed by atoms with Gasteiger partial charge in [0.2, 0.25) is 0 Å². The van der Waals surface area contributed by atoms with E-state index >= 15 is 0 Å². The van der Waals surface area contributed by atoms with Crippen molar-refractivity contribution in [3.63, 3.8) is 0 Å². The zero-order valence-electron chi connectivity index (χ0n) is 15.9. The maximum absolute atomic E-state index is 12.2. The van der Waals surface area contributed by atoms with Gasteiger partial charge < -0.3 is 24.6 Å². The number of carbonyl (C=O) groups excluding carboxylic acids is 2. The Labute approximate surface area is 155 Å². The number of piperazine rings is 1. The molecule has 1 N–H and O–H groups in total. The van der Waals surface area contributed by atoms with E-state index in [-0.39, 0.29) is 12.1 Å². The minimum Gasteiger partial charge on any atom is -0.494 e. The number of urea groups is 1. The van der Waals surface area contributed by atoms with E-state index in [0.29, 0.717) is 39.3 Å². The lowest BCUT2D eigenvalue weighted by Crippen LogP contribution is -2.54. The first-order valence-corrected chi connectivity index (χ1v) is 9.04. The molecule has 1 saturated heterocycles. The number of nitrogens with one attached hydrogen (secondary N) is 1. The van der Waals surface area contributed by atoms with Crippen LogP contribution in [0.25, 0.3) is 0 Å². The molecular weight excluding hydrogens is 334 g/mol. The van der Waals surface area contributed by atoms with Crippen LogP contribution in [0.15, 0.2) is 30.3 Å². The number of nitrogens with zero attached hydrogens (tertiary/aromatic N) is 2. The molecule has 1 aliphatic rings. The molecule has 0 bridgehead atoms. The topological polar surface area (TPSA) is 71.1 Å². The standard InChI is InChI=1S/C19H29N3O4/c1-19(2,3)26-18(24)22-13-11-21(12-14-22)17(23)20-10-7-15-25-16-8-5-4-6-9-16/h4-6,8-9H,7,10-15H2,1-3H3,(H,20,23). The summed E-state index contributed by atoms with van der Waals surface area (Å²) in [5, 5.41) is 2.89. The Bertz CT molecular complexity index is 578. The van der Waals surface area contributed by atoms with E-state index in [1.54, 1.807) is 9.80 Å². The van der Waals surface area contributed by atoms with Crippen LogP contribution in [0.4, 0.5) is 9.59 Å². The van der Waals surface area contributed by atoms with Crippen molar-refractivity contribution in [2.75, 3.05) is 39.3 Å². The fourth-order valence-corrected chi connectivity index (χ4v) is 2.50. The highest BCUT2D eigenvalue weighted by molar-refractivity contribution is 5.75. The lowest BCUT2D eigenvalue weighted by atomic mass is 10.2. The van der Waals surface area contributed by atoms with Crippen molar-refractivity contribution in [2.24, 2.45) is 0 Å². The molecule has 144 valence electrons. The Kier molecular flexibility index (Phi) is 7.12. The molecule has 0 spiro atoms. The average Bonchev–Trinajstić information content (AvgIpc) is 2.61. The van der Waals surface area contributed by atoms with Gasteiger partial charge in [0, 0.05) is 32.7 Å². The second kappa shape index (κ2) is 9.31. The molecule has 0 atom stereocenters. The Morgan fingerprint density at radius 2 is 1.65 bits per heavy atom. The van der Waals surface area contributed by atoms with E-state index in [1.165, 1.54) is 0 Å². The lowest BCUT2D eigenvalue weighted by molar-refractivity contribution is 0.0170. The maximum atomic E-state index is 12.2. The molecule has 7 nitrogen and oxygen atoms in total. The maximum Gasteiger partial charge on any atom is 0.410 e. The molecular formula is C19H29N3O4. The second-order valence-corrected chi connectivity index (χ2v) is 7.20. The van der Waals surface area contributed by atoms with Crippen LogP contribution in [0, 0.1) is 0 Å². The van der Waals surface area contributed by atoms with E-state index in [9.17, 15) is 9.59 Å². The normalized spacial score (nSPS) is 14.7. The van der Waals surface area contributed by atoms with Gasteiger partial charge in [-0.05, 0) is 39.3 Å². The third-order valence-electron chi connectivity index (χ3n) is 3.83. The van der Waals surface area contributed by atoms with Gasteiger partial charge in [0.1, 0.15) is 11.4 Å². The van der Waals surface area contributed by atoms with Crippen LogP contribution in [0.2, 0.25) is 0 Å². The third-order valence-corrected chi connectivity index (χ3v) is 3.83. The van der Waals surface area contributed by atoms with Crippen molar-refractivity contribution in [3.05, 3.63) is 30.3 Å². The molecule has 0 aromatic heterocycles. The highest BCUT2D eigenvalue weighted by atomic mass is 16.6. The summed E-state index contributed by atoms with van der Waals surface area (Å²) in [6, 6.07) is 9.50. The van der Waals surface area contributed by atoms with Crippen LogP contribution in [-0.2, 0) is 4.74 Å². The summed E-state index contributed by atoms with van der Waals surface area (Å²) >= 11 is 0. The number of benzene rings is 1. The Hall–Kier alpha value is -2.44. The molecule has 1 aromatic rings. The van der Waals surface area contributed by atoms with Crippen molar-refractivity contribution in [2.45, 2.75) is 32.8 Å². The van der Waals surface area contributed by atoms with Crippen molar-refractivity contribution >= 4 is 12.1 Å². The van der Waals surface area contributed by atoms with Crippen molar-refractivity contribution in [1.82, 2.24) is 15.1 Å². The van der Waals surface area contributed by atoms with E-state index < -0.39 is 5.60 Å². The summed E-state index contributed by atoms with van der Waals surface area (Å²) in [4.78, 5) is 27.6. The minimum atomic E-state index is -0.507. The zero-order valence-corrected chi connectivity index (χ0v) is 15.9. The number of para-hydroxylation sites is 1. The van der Waals surface area contributed by atoms with Gasteiger partial charge >= 0.3 is 12.1 Å². The van der Waals surface area contributed by atoms with Crippen LogP contribution in [0.3, 0.4) is 0 Å². The molecule has 2 rings (SSSR count). The highest BCUT2D eigenvalue weighted by Gasteiger charge is 2.27. The van der Waals surface area contributed by atoms with Gasteiger partial charge in [-0.25, -0.2) is 9.59 Å². The summed E-state index contributed by atoms with van der Waals surface area (Å²) in [6.45, 7) is 8.62. The molecule has 1 aromatic carbocycles. The van der Waals surface area contributed by atoms with Gasteiger partial charge in [0.15, 0.2) is 0 Å². The molecule has 0 unspecified atom stereocenters. The molecule has 26 heavy (non-hydrogen) atoms. The molecule has 3 amide bonds. The third kappa shape index (κ3) is 6.82. The first-order valence-electron chi connectivity index (χ1n) is 9.04. The van der Waals surface area contributed by atoms with Crippen molar-refractivity contribution in [1.29, 1.82) is 0 Å². The first-order chi connectivity index (χ1) is 12.3. The lowest BCUT2D eigenvalue weighted by Gasteiger charge is -2.35. The molecule has 1 heterocycles.